The van der Waals surface area contributed by atoms with Crippen molar-refractivity contribution in [2.75, 3.05) is 13.2 Å². The van der Waals surface area contributed by atoms with Crippen molar-refractivity contribution in [3.63, 3.8) is 0 Å². The van der Waals surface area contributed by atoms with Crippen LogP contribution in [0.1, 0.15) is 13.8 Å². The van der Waals surface area contributed by atoms with E-state index in [-0.39, 0.29) is 31.2 Å². The average Bonchev–Trinajstić information content (AvgIpc) is 1.83. The second-order valence-electron chi connectivity index (χ2n) is 2.32. The van der Waals surface area contributed by atoms with Gasteiger partial charge in [0.1, 0.15) is 0 Å². The van der Waals surface area contributed by atoms with Crippen molar-refractivity contribution in [1.29, 1.82) is 0 Å². The molecule has 64 valence electrons. The van der Waals surface area contributed by atoms with Crippen LogP contribution in [-0.2, 0) is 4.74 Å². The Hall–Kier alpha value is 0.170. The van der Waals surface area contributed by atoms with Gasteiger partial charge in [-0.15, -0.1) is 12.4 Å². The van der Waals surface area contributed by atoms with Gasteiger partial charge in [0.2, 0.25) is 0 Å². The van der Waals surface area contributed by atoms with Gasteiger partial charge in [-0.2, -0.15) is 0 Å². The van der Waals surface area contributed by atoms with Crippen LogP contribution in [-0.4, -0.2) is 30.5 Å². The maximum Gasteiger partial charge on any atom is 0.0643 e. The summed E-state index contributed by atoms with van der Waals surface area (Å²) < 4.78 is 5.11. The molecule has 10 heavy (non-hydrogen) atoms. The van der Waals surface area contributed by atoms with Crippen molar-refractivity contribution in [1.82, 2.24) is 0 Å². The fourth-order valence-electron chi connectivity index (χ4n) is 0.369. The molecule has 0 aliphatic carbocycles. The zero-order chi connectivity index (χ0) is 7.28. The number of halogens is 1. The summed E-state index contributed by atoms with van der Waals surface area (Å²) in [5, 5.41) is 8.44. The zero-order valence-corrected chi connectivity index (χ0v) is 7.23. The molecule has 0 rings (SSSR count). The first-order valence-corrected chi connectivity index (χ1v) is 3.15. The van der Waals surface area contributed by atoms with Gasteiger partial charge in [0.25, 0.3) is 0 Å². The van der Waals surface area contributed by atoms with Crippen molar-refractivity contribution in [3.05, 3.63) is 0 Å². The molecule has 1 atom stereocenters. The van der Waals surface area contributed by atoms with Crippen LogP contribution in [0.3, 0.4) is 0 Å². The van der Waals surface area contributed by atoms with Gasteiger partial charge in [0.15, 0.2) is 0 Å². The van der Waals surface area contributed by atoms with Gasteiger partial charge in [-0.05, 0) is 13.8 Å². The maximum absolute atomic E-state index is 8.44. The first-order valence-electron chi connectivity index (χ1n) is 3.15. The molecule has 4 heteroatoms. The largest absolute Gasteiger partial charge is 0.395 e. The van der Waals surface area contributed by atoms with Crippen LogP contribution in [0.25, 0.3) is 0 Å². The van der Waals surface area contributed by atoms with Crippen LogP contribution >= 0.6 is 12.4 Å². The SMILES string of the molecule is CC(C)OC[C@@H](N)CO.Cl. The van der Waals surface area contributed by atoms with E-state index in [4.69, 9.17) is 15.6 Å². The summed E-state index contributed by atoms with van der Waals surface area (Å²) in [5.41, 5.74) is 5.35. The van der Waals surface area contributed by atoms with Gasteiger partial charge >= 0.3 is 0 Å². The van der Waals surface area contributed by atoms with Gasteiger partial charge in [-0.25, -0.2) is 0 Å². The maximum atomic E-state index is 8.44. The molecule has 0 aliphatic rings. The van der Waals surface area contributed by atoms with E-state index in [0.717, 1.165) is 0 Å². The Bertz CT molecular complexity index is 70.8. The van der Waals surface area contributed by atoms with Gasteiger partial charge in [0, 0.05) is 0 Å². The summed E-state index contributed by atoms with van der Waals surface area (Å²) in [6.07, 6.45) is 0.197. The molecule has 0 unspecified atom stereocenters. The third kappa shape index (κ3) is 8.17. The quantitative estimate of drug-likeness (QED) is 0.630. The zero-order valence-electron chi connectivity index (χ0n) is 6.41. The first-order chi connectivity index (χ1) is 4.16. The molecule has 0 saturated carbocycles. The van der Waals surface area contributed by atoms with Crippen LogP contribution in [0.5, 0.6) is 0 Å². The minimum atomic E-state index is -0.229. The highest BCUT2D eigenvalue weighted by atomic mass is 35.5. The number of hydrogen-bond acceptors (Lipinski definition) is 3. The van der Waals surface area contributed by atoms with E-state index < -0.39 is 0 Å². The molecule has 0 saturated heterocycles. The predicted molar refractivity (Wildman–Crippen MR) is 43.4 cm³/mol. The van der Waals surface area contributed by atoms with Crippen LogP contribution in [0.15, 0.2) is 0 Å². The van der Waals surface area contributed by atoms with E-state index in [2.05, 4.69) is 0 Å². The van der Waals surface area contributed by atoms with E-state index in [0.29, 0.717) is 6.61 Å². The van der Waals surface area contributed by atoms with E-state index in [1.807, 2.05) is 13.8 Å². The summed E-state index contributed by atoms with van der Waals surface area (Å²) >= 11 is 0. The van der Waals surface area contributed by atoms with Crippen molar-refractivity contribution >= 4 is 12.4 Å². The van der Waals surface area contributed by atoms with E-state index in [9.17, 15) is 0 Å². The lowest BCUT2D eigenvalue weighted by atomic mass is 10.3. The monoisotopic (exact) mass is 169 g/mol. The summed E-state index contributed by atoms with van der Waals surface area (Å²) in [4.78, 5) is 0. The van der Waals surface area contributed by atoms with Gasteiger partial charge in [-0.3, -0.25) is 0 Å². The topological polar surface area (TPSA) is 55.5 Å². The predicted octanol–water partition coefficient (Wildman–Crippen LogP) is 0.153. The van der Waals surface area contributed by atoms with Crippen molar-refractivity contribution in [3.8, 4) is 0 Å². The molecule has 3 N–H and O–H groups in total. The molecule has 0 aromatic heterocycles. The van der Waals surface area contributed by atoms with Gasteiger partial charge in [-0.1, -0.05) is 0 Å². The van der Waals surface area contributed by atoms with Gasteiger partial charge in [0.05, 0.1) is 25.4 Å². The standard InChI is InChI=1S/C6H15NO2.ClH/c1-5(2)9-4-6(7)3-8;/h5-6,8H,3-4,7H2,1-2H3;1H/t6-;/m0./s1. The Kier molecular flexibility index (Phi) is 9.33. The number of aliphatic hydroxyl groups excluding tert-OH is 1. The summed E-state index contributed by atoms with van der Waals surface area (Å²) in [6.45, 7) is 4.30. The van der Waals surface area contributed by atoms with Crippen molar-refractivity contribution < 1.29 is 9.84 Å². The summed E-state index contributed by atoms with van der Waals surface area (Å²) in [6, 6.07) is -0.229. The molecule has 0 fully saturated rings. The highest BCUT2D eigenvalue weighted by Crippen LogP contribution is 1.88. The van der Waals surface area contributed by atoms with Crippen molar-refractivity contribution in [2.24, 2.45) is 5.73 Å². The van der Waals surface area contributed by atoms with Crippen molar-refractivity contribution in [2.45, 2.75) is 26.0 Å². The molecule has 0 amide bonds. The van der Waals surface area contributed by atoms with E-state index in [1.54, 1.807) is 0 Å². The molecule has 0 spiro atoms. The Balaban J connectivity index is 0. The molecular formula is C6H16ClNO2. The van der Waals surface area contributed by atoms with Gasteiger partial charge < -0.3 is 15.6 Å². The fraction of sp³-hybridized carbons (Fsp3) is 1.00. The van der Waals surface area contributed by atoms with Crippen LogP contribution in [0, 0.1) is 0 Å². The summed E-state index contributed by atoms with van der Waals surface area (Å²) in [7, 11) is 0. The molecule has 0 aromatic rings. The lowest BCUT2D eigenvalue weighted by molar-refractivity contribution is 0.0562. The molecule has 0 bridgehead atoms. The van der Waals surface area contributed by atoms with Crippen LogP contribution < -0.4 is 5.73 Å². The van der Waals surface area contributed by atoms with Crippen LogP contribution in [0.4, 0.5) is 0 Å². The lowest BCUT2D eigenvalue weighted by Gasteiger charge is -2.10. The lowest BCUT2D eigenvalue weighted by Crippen LogP contribution is -2.31. The normalized spacial score (nSPS) is 12.9. The molecule has 0 heterocycles. The minimum absolute atomic E-state index is 0. The average molecular weight is 170 g/mol. The minimum Gasteiger partial charge on any atom is -0.395 e. The number of hydrogen-bond donors (Lipinski definition) is 2. The molecular weight excluding hydrogens is 154 g/mol. The second kappa shape index (κ2) is 7.28. The Labute approximate surface area is 68.0 Å². The number of ether oxygens (including phenoxy) is 1. The smallest absolute Gasteiger partial charge is 0.0643 e. The number of nitrogens with two attached hydrogens (primary N) is 1. The Morgan fingerprint density at radius 3 is 2.30 bits per heavy atom. The highest BCUT2D eigenvalue weighted by Gasteiger charge is 2.00. The second-order valence-corrected chi connectivity index (χ2v) is 2.32. The molecule has 3 nitrogen and oxygen atoms in total. The highest BCUT2D eigenvalue weighted by molar-refractivity contribution is 5.85. The Morgan fingerprint density at radius 2 is 2.00 bits per heavy atom. The first kappa shape index (κ1) is 12.8. The number of rotatable bonds is 4. The van der Waals surface area contributed by atoms with E-state index >= 15 is 0 Å². The third-order valence-corrected chi connectivity index (χ3v) is 0.878. The summed E-state index contributed by atoms with van der Waals surface area (Å²) in [5.74, 6) is 0. The molecule has 0 aliphatic heterocycles. The molecule has 0 aromatic carbocycles. The van der Waals surface area contributed by atoms with Crippen LogP contribution in [0.2, 0.25) is 0 Å². The van der Waals surface area contributed by atoms with E-state index in [1.165, 1.54) is 0 Å². The number of aliphatic hydroxyl groups is 1. The fourth-order valence-corrected chi connectivity index (χ4v) is 0.369. The molecule has 0 radical (unpaired) electrons. The third-order valence-electron chi connectivity index (χ3n) is 0.878. The Morgan fingerprint density at radius 1 is 1.50 bits per heavy atom.